The molecule has 0 radical (unpaired) electrons. The topological polar surface area (TPSA) is 149 Å². The second-order valence-electron chi connectivity index (χ2n) is 7.41. The van der Waals surface area contributed by atoms with Gasteiger partial charge >= 0.3 is 23.9 Å². The van der Waals surface area contributed by atoms with Crippen molar-refractivity contribution in [1.82, 2.24) is 0 Å². The van der Waals surface area contributed by atoms with Crippen LogP contribution in [0, 0.1) is 34.5 Å². The fraction of sp³-hybridized carbons (Fsp3) is 0.765. The average Bonchev–Trinajstić information content (AvgIpc) is 2.87. The lowest BCUT2D eigenvalue weighted by molar-refractivity contribution is -0.188. The number of hydrogen-bond acceptors (Lipinski definition) is 4. The molecule has 142 valence electrons. The molecule has 0 spiro atoms. The monoisotopic (exact) mass is 358 g/mol. The third-order valence-corrected chi connectivity index (χ3v) is 5.92. The van der Waals surface area contributed by atoms with Crippen LogP contribution in [0.2, 0.25) is 0 Å². The van der Waals surface area contributed by atoms with Gasteiger partial charge in [0.15, 0.2) is 10.8 Å². The molecule has 4 N–H and O–H groups in total. The Morgan fingerprint density at radius 2 is 0.920 bits per heavy atom. The summed E-state index contributed by atoms with van der Waals surface area (Å²) < 4.78 is 0. The third kappa shape index (κ3) is 2.77. The van der Waals surface area contributed by atoms with Crippen molar-refractivity contribution in [2.24, 2.45) is 34.5 Å². The molecule has 0 aromatic carbocycles. The van der Waals surface area contributed by atoms with Crippen LogP contribution in [0.5, 0.6) is 0 Å². The van der Waals surface area contributed by atoms with E-state index in [0.29, 0.717) is 6.42 Å². The van der Waals surface area contributed by atoms with Crippen molar-refractivity contribution >= 4 is 23.9 Å². The van der Waals surface area contributed by atoms with Crippen LogP contribution >= 0.6 is 0 Å². The molecule has 0 saturated heterocycles. The van der Waals surface area contributed by atoms with Crippen molar-refractivity contribution in [2.75, 3.05) is 0 Å². The first kappa shape index (κ1) is 20.9. The van der Waals surface area contributed by atoms with Gasteiger partial charge in [0.05, 0.1) is 0 Å². The molecule has 0 heterocycles. The second-order valence-corrected chi connectivity index (χ2v) is 7.41. The number of aliphatic carboxylic acids is 4. The molecular formula is C17H26O8. The summed E-state index contributed by atoms with van der Waals surface area (Å²) in [5, 5.41) is 39.0. The van der Waals surface area contributed by atoms with Crippen LogP contribution in [0.1, 0.15) is 47.0 Å². The predicted molar refractivity (Wildman–Crippen MR) is 85.9 cm³/mol. The fourth-order valence-corrected chi connectivity index (χ4v) is 4.71. The second kappa shape index (κ2) is 7.01. The molecule has 1 aliphatic carbocycles. The molecule has 0 aromatic rings. The van der Waals surface area contributed by atoms with Gasteiger partial charge in [0, 0.05) is 0 Å². The Labute approximate surface area is 145 Å². The van der Waals surface area contributed by atoms with Crippen LogP contribution < -0.4 is 0 Å². The normalized spacial score (nSPS) is 21.5. The summed E-state index contributed by atoms with van der Waals surface area (Å²) in [5.41, 5.74) is -4.46. The van der Waals surface area contributed by atoms with E-state index in [9.17, 15) is 39.6 Å². The number of carboxylic acid groups (broad SMARTS) is 4. The molecule has 0 bridgehead atoms. The summed E-state index contributed by atoms with van der Waals surface area (Å²) in [4.78, 5) is 48.0. The standard InChI is InChI=1S/C17H26O8/c1-8(2)16(12(18)19,13(20)21)10-6-5-7-11(10)17(9(3)4,14(22)23)15(24)25/h8-11H,5-7H2,1-4H3,(H,18,19)(H,20,21)(H,22,23)(H,24,25). The summed E-state index contributed by atoms with van der Waals surface area (Å²) >= 11 is 0. The van der Waals surface area contributed by atoms with Gasteiger partial charge in [0.2, 0.25) is 0 Å². The zero-order chi connectivity index (χ0) is 19.7. The summed E-state index contributed by atoms with van der Waals surface area (Å²) in [7, 11) is 0. The van der Waals surface area contributed by atoms with E-state index in [0.717, 1.165) is 0 Å². The SMILES string of the molecule is CC(C)C(C(=O)O)(C(=O)O)C1CCCC1C(C(=O)O)(C(=O)O)C(C)C. The molecule has 0 aromatic heterocycles. The first-order valence-electron chi connectivity index (χ1n) is 8.32. The van der Waals surface area contributed by atoms with Gasteiger partial charge in [-0.15, -0.1) is 0 Å². The highest BCUT2D eigenvalue weighted by atomic mass is 16.4. The summed E-state index contributed by atoms with van der Waals surface area (Å²) in [6.07, 6.45) is 0.715. The minimum atomic E-state index is -2.23. The quantitative estimate of drug-likeness (QED) is 0.481. The molecule has 8 nitrogen and oxygen atoms in total. The number of carboxylic acids is 4. The van der Waals surface area contributed by atoms with Crippen LogP contribution in [0.15, 0.2) is 0 Å². The summed E-state index contributed by atoms with van der Waals surface area (Å²) in [6, 6.07) is 0. The molecule has 2 atom stereocenters. The van der Waals surface area contributed by atoms with Crippen molar-refractivity contribution in [3.63, 3.8) is 0 Å². The van der Waals surface area contributed by atoms with E-state index in [-0.39, 0.29) is 12.8 Å². The van der Waals surface area contributed by atoms with Crippen molar-refractivity contribution in [3.05, 3.63) is 0 Å². The van der Waals surface area contributed by atoms with E-state index < -0.39 is 58.4 Å². The highest BCUT2D eigenvalue weighted by molar-refractivity contribution is 6.01. The number of carbonyl (C=O) groups is 4. The zero-order valence-corrected chi connectivity index (χ0v) is 14.9. The predicted octanol–water partition coefficient (Wildman–Crippen LogP) is 2.03. The van der Waals surface area contributed by atoms with Gasteiger partial charge in [-0.3, -0.25) is 19.2 Å². The van der Waals surface area contributed by atoms with Crippen LogP contribution in [-0.4, -0.2) is 44.3 Å². The van der Waals surface area contributed by atoms with E-state index in [2.05, 4.69) is 0 Å². The molecule has 1 fully saturated rings. The van der Waals surface area contributed by atoms with Gasteiger partial charge in [-0.1, -0.05) is 34.1 Å². The van der Waals surface area contributed by atoms with Gasteiger partial charge in [-0.2, -0.15) is 0 Å². The van der Waals surface area contributed by atoms with Gasteiger partial charge in [0.1, 0.15) is 0 Å². The molecule has 2 unspecified atom stereocenters. The molecule has 1 aliphatic rings. The molecule has 25 heavy (non-hydrogen) atoms. The summed E-state index contributed by atoms with van der Waals surface area (Å²) in [6.45, 7) is 5.82. The van der Waals surface area contributed by atoms with E-state index in [1.54, 1.807) is 0 Å². The highest BCUT2D eigenvalue weighted by Crippen LogP contribution is 2.56. The van der Waals surface area contributed by atoms with Gasteiger partial charge in [0.25, 0.3) is 0 Å². The maximum Gasteiger partial charge on any atom is 0.321 e. The van der Waals surface area contributed by atoms with Crippen LogP contribution in [-0.2, 0) is 19.2 Å². The highest BCUT2D eigenvalue weighted by Gasteiger charge is 2.66. The lowest BCUT2D eigenvalue weighted by Gasteiger charge is -2.44. The van der Waals surface area contributed by atoms with Crippen molar-refractivity contribution in [3.8, 4) is 0 Å². The largest absolute Gasteiger partial charge is 0.480 e. The number of rotatable bonds is 8. The Kier molecular flexibility index (Phi) is 5.87. The maximum absolute atomic E-state index is 12.0. The van der Waals surface area contributed by atoms with Gasteiger partial charge in [-0.05, 0) is 36.5 Å². The summed E-state index contributed by atoms with van der Waals surface area (Å²) in [5.74, 6) is -10.1. The minimum Gasteiger partial charge on any atom is -0.480 e. The molecule has 1 rings (SSSR count). The van der Waals surface area contributed by atoms with Crippen LogP contribution in [0.3, 0.4) is 0 Å². The van der Waals surface area contributed by atoms with E-state index in [1.165, 1.54) is 27.7 Å². The smallest absolute Gasteiger partial charge is 0.321 e. The van der Waals surface area contributed by atoms with Gasteiger partial charge < -0.3 is 20.4 Å². The Hall–Kier alpha value is -2.12. The Balaban J connectivity index is 3.70. The van der Waals surface area contributed by atoms with Crippen LogP contribution in [0.25, 0.3) is 0 Å². The molecule has 8 heteroatoms. The van der Waals surface area contributed by atoms with Crippen molar-refractivity contribution in [1.29, 1.82) is 0 Å². The lowest BCUT2D eigenvalue weighted by Crippen LogP contribution is -2.58. The Morgan fingerprint density at radius 1 is 0.680 bits per heavy atom. The molecular weight excluding hydrogens is 332 g/mol. The zero-order valence-electron chi connectivity index (χ0n) is 14.9. The minimum absolute atomic E-state index is 0.163. The van der Waals surface area contributed by atoms with E-state index in [4.69, 9.17) is 0 Å². The molecule has 1 saturated carbocycles. The first-order valence-corrected chi connectivity index (χ1v) is 8.32. The Morgan fingerprint density at radius 3 is 1.08 bits per heavy atom. The van der Waals surface area contributed by atoms with E-state index >= 15 is 0 Å². The number of hydrogen-bond donors (Lipinski definition) is 4. The lowest BCUT2D eigenvalue weighted by atomic mass is 9.55. The van der Waals surface area contributed by atoms with E-state index in [1.807, 2.05) is 0 Å². The maximum atomic E-state index is 12.0. The van der Waals surface area contributed by atoms with Crippen LogP contribution in [0.4, 0.5) is 0 Å². The fourth-order valence-electron chi connectivity index (χ4n) is 4.71. The van der Waals surface area contributed by atoms with Crippen molar-refractivity contribution < 1.29 is 39.6 Å². The molecule has 0 amide bonds. The van der Waals surface area contributed by atoms with Crippen molar-refractivity contribution in [2.45, 2.75) is 47.0 Å². The third-order valence-electron chi connectivity index (χ3n) is 5.92. The molecule has 0 aliphatic heterocycles. The Bertz CT molecular complexity index is 499. The average molecular weight is 358 g/mol. The first-order chi connectivity index (χ1) is 11.4. The van der Waals surface area contributed by atoms with Gasteiger partial charge in [-0.25, -0.2) is 0 Å².